The molecule has 0 amide bonds. The minimum absolute atomic E-state index is 0.167. The Hall–Kier alpha value is -4.12. The van der Waals surface area contributed by atoms with E-state index in [0.717, 1.165) is 39.6 Å². The highest BCUT2D eigenvalue weighted by atomic mass is 15.4. The minimum atomic E-state index is -0.167. The van der Waals surface area contributed by atoms with Gasteiger partial charge in [-0.3, -0.25) is 0 Å². The standard InChI is InChI=1S/C27H23N5/c1-18-10-9-15-22-24-16-19(2)29-32(24)27(28-25(18)22)23-17-31(21-13-7-4-8-14-21)30-26(23)20-11-5-3-6-12-20/h3-17,27-28H,1-2H3. The predicted molar refractivity (Wildman–Crippen MR) is 128 cm³/mol. The summed E-state index contributed by atoms with van der Waals surface area (Å²) in [4.78, 5) is 0. The van der Waals surface area contributed by atoms with Gasteiger partial charge in [0.25, 0.3) is 0 Å². The van der Waals surface area contributed by atoms with Crippen molar-refractivity contribution in [1.82, 2.24) is 19.6 Å². The minimum Gasteiger partial charge on any atom is -0.359 e. The molecule has 0 saturated heterocycles. The summed E-state index contributed by atoms with van der Waals surface area (Å²) in [6.45, 7) is 4.19. The van der Waals surface area contributed by atoms with Crippen LogP contribution in [0.5, 0.6) is 0 Å². The lowest BCUT2D eigenvalue weighted by Gasteiger charge is -2.30. The van der Waals surface area contributed by atoms with Crippen LogP contribution in [0.3, 0.4) is 0 Å². The fourth-order valence-corrected chi connectivity index (χ4v) is 4.52. The van der Waals surface area contributed by atoms with E-state index in [2.05, 4.69) is 83.8 Å². The molecule has 5 aromatic rings. The molecule has 0 saturated carbocycles. The fourth-order valence-electron chi connectivity index (χ4n) is 4.52. The molecule has 0 fully saturated rings. The van der Waals surface area contributed by atoms with Crippen molar-refractivity contribution in [3.8, 4) is 28.2 Å². The van der Waals surface area contributed by atoms with Crippen LogP contribution in [-0.4, -0.2) is 19.6 Å². The molecule has 0 aliphatic carbocycles. The van der Waals surface area contributed by atoms with Crippen molar-refractivity contribution in [3.05, 3.63) is 108 Å². The molecule has 1 atom stereocenters. The maximum Gasteiger partial charge on any atom is 0.151 e. The Balaban J connectivity index is 1.58. The second-order valence-corrected chi connectivity index (χ2v) is 8.24. The van der Waals surface area contributed by atoms with Gasteiger partial charge in [-0.15, -0.1) is 0 Å². The molecule has 5 heteroatoms. The quantitative estimate of drug-likeness (QED) is 0.392. The van der Waals surface area contributed by atoms with Crippen molar-refractivity contribution in [1.29, 1.82) is 0 Å². The molecule has 32 heavy (non-hydrogen) atoms. The number of rotatable bonds is 3. The van der Waals surface area contributed by atoms with Gasteiger partial charge in [0.1, 0.15) is 0 Å². The van der Waals surface area contributed by atoms with Crippen molar-refractivity contribution < 1.29 is 0 Å². The maximum absolute atomic E-state index is 5.02. The third kappa shape index (κ3) is 2.94. The molecule has 0 radical (unpaired) electrons. The summed E-state index contributed by atoms with van der Waals surface area (Å²) in [5.41, 5.74) is 9.81. The van der Waals surface area contributed by atoms with E-state index in [1.54, 1.807) is 0 Å². The van der Waals surface area contributed by atoms with Crippen molar-refractivity contribution in [2.75, 3.05) is 5.32 Å². The van der Waals surface area contributed by atoms with Gasteiger partial charge in [0.05, 0.1) is 22.8 Å². The van der Waals surface area contributed by atoms with E-state index in [9.17, 15) is 0 Å². The van der Waals surface area contributed by atoms with E-state index in [0.29, 0.717) is 0 Å². The highest BCUT2D eigenvalue weighted by Crippen LogP contribution is 2.42. The van der Waals surface area contributed by atoms with Crippen molar-refractivity contribution >= 4 is 5.69 Å². The number of hydrogen-bond acceptors (Lipinski definition) is 3. The largest absolute Gasteiger partial charge is 0.359 e. The molecule has 156 valence electrons. The number of benzene rings is 3. The van der Waals surface area contributed by atoms with Crippen LogP contribution in [0.1, 0.15) is 23.0 Å². The molecule has 1 unspecified atom stereocenters. The average Bonchev–Trinajstić information content (AvgIpc) is 3.44. The van der Waals surface area contributed by atoms with Crippen molar-refractivity contribution in [3.63, 3.8) is 0 Å². The van der Waals surface area contributed by atoms with Gasteiger partial charge in [-0.25, -0.2) is 9.36 Å². The summed E-state index contributed by atoms with van der Waals surface area (Å²) < 4.78 is 4.05. The Morgan fingerprint density at radius 2 is 1.56 bits per heavy atom. The third-order valence-electron chi connectivity index (χ3n) is 6.04. The van der Waals surface area contributed by atoms with E-state index in [1.807, 2.05) is 35.9 Å². The van der Waals surface area contributed by atoms with Crippen LogP contribution >= 0.6 is 0 Å². The van der Waals surface area contributed by atoms with Crippen LogP contribution in [-0.2, 0) is 0 Å². The Morgan fingerprint density at radius 3 is 2.34 bits per heavy atom. The molecule has 6 rings (SSSR count). The van der Waals surface area contributed by atoms with Gasteiger partial charge < -0.3 is 5.32 Å². The Labute approximate surface area is 187 Å². The van der Waals surface area contributed by atoms with E-state index < -0.39 is 0 Å². The zero-order valence-corrected chi connectivity index (χ0v) is 18.0. The van der Waals surface area contributed by atoms with Gasteiger partial charge in [-0.1, -0.05) is 66.7 Å². The topological polar surface area (TPSA) is 47.7 Å². The van der Waals surface area contributed by atoms with E-state index in [1.165, 1.54) is 11.1 Å². The van der Waals surface area contributed by atoms with Gasteiger partial charge in [0, 0.05) is 28.6 Å². The summed E-state index contributed by atoms with van der Waals surface area (Å²) >= 11 is 0. The third-order valence-corrected chi connectivity index (χ3v) is 6.04. The number of aromatic nitrogens is 4. The molecule has 5 nitrogen and oxygen atoms in total. The summed E-state index contributed by atoms with van der Waals surface area (Å²) in [6.07, 6.45) is 1.96. The summed E-state index contributed by atoms with van der Waals surface area (Å²) in [5, 5.41) is 13.7. The van der Waals surface area contributed by atoms with E-state index >= 15 is 0 Å². The molecule has 1 aliphatic rings. The zero-order valence-electron chi connectivity index (χ0n) is 18.0. The molecule has 0 spiro atoms. The number of anilines is 1. The summed E-state index contributed by atoms with van der Waals surface area (Å²) in [7, 11) is 0. The molecule has 3 aromatic carbocycles. The number of nitrogens with zero attached hydrogens (tertiary/aromatic N) is 4. The van der Waals surface area contributed by atoms with Crippen LogP contribution in [0.4, 0.5) is 5.69 Å². The second kappa shape index (κ2) is 7.24. The van der Waals surface area contributed by atoms with Gasteiger partial charge in [0.2, 0.25) is 0 Å². The van der Waals surface area contributed by atoms with Crippen LogP contribution in [0.25, 0.3) is 28.2 Å². The zero-order chi connectivity index (χ0) is 21.7. The molecule has 2 aromatic heterocycles. The Morgan fingerprint density at radius 1 is 0.812 bits per heavy atom. The fraction of sp³-hybridized carbons (Fsp3) is 0.111. The molecular weight excluding hydrogens is 394 g/mol. The molecule has 0 bridgehead atoms. The first-order chi connectivity index (χ1) is 15.7. The monoisotopic (exact) mass is 417 g/mol. The predicted octanol–water partition coefficient (Wildman–Crippen LogP) is 5.99. The van der Waals surface area contributed by atoms with E-state index in [4.69, 9.17) is 10.2 Å². The normalized spacial score (nSPS) is 14.5. The van der Waals surface area contributed by atoms with Gasteiger partial charge in [0.15, 0.2) is 6.17 Å². The van der Waals surface area contributed by atoms with Crippen LogP contribution < -0.4 is 5.32 Å². The van der Waals surface area contributed by atoms with E-state index in [-0.39, 0.29) is 6.17 Å². The van der Waals surface area contributed by atoms with Gasteiger partial charge >= 0.3 is 0 Å². The smallest absolute Gasteiger partial charge is 0.151 e. The van der Waals surface area contributed by atoms with Crippen molar-refractivity contribution in [2.45, 2.75) is 20.0 Å². The maximum atomic E-state index is 5.02. The number of nitrogens with one attached hydrogen (secondary N) is 1. The molecular formula is C27H23N5. The second-order valence-electron chi connectivity index (χ2n) is 8.24. The number of hydrogen-bond donors (Lipinski definition) is 1. The molecule has 1 aliphatic heterocycles. The van der Waals surface area contributed by atoms with Gasteiger partial charge in [-0.2, -0.15) is 10.2 Å². The lowest BCUT2D eigenvalue weighted by molar-refractivity contribution is 0.571. The first-order valence-corrected chi connectivity index (χ1v) is 10.8. The number of fused-ring (bicyclic) bond motifs is 3. The lowest BCUT2D eigenvalue weighted by Crippen LogP contribution is -2.26. The first kappa shape index (κ1) is 18.6. The first-order valence-electron chi connectivity index (χ1n) is 10.8. The number of para-hydroxylation sites is 2. The molecule has 1 N–H and O–H groups in total. The Kier molecular flexibility index (Phi) is 4.21. The highest BCUT2D eigenvalue weighted by Gasteiger charge is 2.30. The van der Waals surface area contributed by atoms with Crippen LogP contribution in [0.15, 0.2) is 91.1 Å². The lowest BCUT2D eigenvalue weighted by atomic mass is 9.99. The van der Waals surface area contributed by atoms with Gasteiger partial charge in [-0.05, 0) is 37.6 Å². The van der Waals surface area contributed by atoms with Crippen LogP contribution in [0, 0.1) is 13.8 Å². The van der Waals surface area contributed by atoms with Crippen molar-refractivity contribution in [2.24, 2.45) is 0 Å². The SMILES string of the molecule is Cc1cc2n(n1)C(c1cn(-c3ccccc3)nc1-c1ccccc1)Nc1c(C)cccc1-2. The van der Waals surface area contributed by atoms with Crippen LogP contribution in [0.2, 0.25) is 0 Å². The summed E-state index contributed by atoms with van der Waals surface area (Å²) in [6, 6.07) is 29.2. The highest BCUT2D eigenvalue weighted by molar-refractivity contribution is 5.81. The average molecular weight is 418 g/mol. The molecule has 3 heterocycles. The summed E-state index contributed by atoms with van der Waals surface area (Å²) in [5.74, 6) is 0. The Bertz CT molecular complexity index is 1410. The number of aryl methyl sites for hydroxylation is 2.